The smallest absolute Gasteiger partial charge is 0.234 e. The molecule has 0 saturated heterocycles. The van der Waals surface area contributed by atoms with Crippen molar-refractivity contribution in [1.29, 1.82) is 0 Å². The first-order valence-corrected chi connectivity index (χ1v) is 8.89. The van der Waals surface area contributed by atoms with E-state index in [1.165, 1.54) is 24.0 Å². The highest BCUT2D eigenvalue weighted by atomic mass is 79.9. The van der Waals surface area contributed by atoms with E-state index in [1.54, 1.807) is 18.2 Å². The number of carbonyl (C=O) groups is 2. The van der Waals surface area contributed by atoms with Gasteiger partial charge in [-0.15, -0.1) is 0 Å². The van der Waals surface area contributed by atoms with E-state index in [0.29, 0.717) is 12.1 Å². The number of aryl methyl sites for hydroxylation is 1. The molecule has 2 amide bonds. The Bertz CT molecular complexity index is 821. The SMILES string of the molecule is CC(=O)N(C(=O)CCc1ccc(F)cc1)c1cc(Br)cc2c1NCC2. The van der Waals surface area contributed by atoms with Crippen molar-refractivity contribution >= 4 is 39.1 Å². The van der Waals surface area contributed by atoms with Crippen LogP contribution in [0.5, 0.6) is 0 Å². The molecule has 25 heavy (non-hydrogen) atoms. The number of anilines is 2. The Morgan fingerprint density at radius 1 is 1.24 bits per heavy atom. The van der Waals surface area contributed by atoms with Crippen LogP contribution in [0.4, 0.5) is 15.8 Å². The van der Waals surface area contributed by atoms with E-state index >= 15 is 0 Å². The molecule has 0 unspecified atom stereocenters. The number of imide groups is 1. The lowest BCUT2D eigenvalue weighted by atomic mass is 10.1. The zero-order chi connectivity index (χ0) is 18.0. The molecule has 0 atom stereocenters. The van der Waals surface area contributed by atoms with E-state index < -0.39 is 0 Å². The fraction of sp³-hybridized carbons (Fsp3) is 0.263. The van der Waals surface area contributed by atoms with E-state index in [0.717, 1.165) is 34.3 Å². The number of rotatable bonds is 4. The van der Waals surface area contributed by atoms with Crippen molar-refractivity contribution in [1.82, 2.24) is 0 Å². The third-order valence-electron chi connectivity index (χ3n) is 4.21. The summed E-state index contributed by atoms with van der Waals surface area (Å²) >= 11 is 3.45. The molecule has 0 bridgehead atoms. The van der Waals surface area contributed by atoms with Gasteiger partial charge in [0.05, 0.1) is 11.4 Å². The molecule has 4 nitrogen and oxygen atoms in total. The Balaban J connectivity index is 1.83. The second-order valence-corrected chi connectivity index (χ2v) is 6.93. The molecule has 1 aliphatic heterocycles. The maximum absolute atomic E-state index is 13.0. The summed E-state index contributed by atoms with van der Waals surface area (Å²) in [4.78, 5) is 26.1. The van der Waals surface area contributed by atoms with Gasteiger partial charge in [-0.1, -0.05) is 28.1 Å². The number of nitrogens with zero attached hydrogens (tertiary/aromatic N) is 1. The van der Waals surface area contributed by atoms with Crippen molar-refractivity contribution in [3.63, 3.8) is 0 Å². The molecule has 0 fully saturated rings. The van der Waals surface area contributed by atoms with Gasteiger partial charge in [-0.3, -0.25) is 9.59 Å². The quantitative estimate of drug-likeness (QED) is 0.835. The average Bonchev–Trinajstić information content (AvgIpc) is 3.02. The lowest BCUT2D eigenvalue weighted by Crippen LogP contribution is -2.35. The monoisotopic (exact) mass is 404 g/mol. The number of benzene rings is 2. The van der Waals surface area contributed by atoms with Crippen LogP contribution in [0.15, 0.2) is 40.9 Å². The van der Waals surface area contributed by atoms with Gasteiger partial charge in [-0.25, -0.2) is 9.29 Å². The molecular formula is C19H18BrFN2O2. The van der Waals surface area contributed by atoms with Crippen LogP contribution in [0.3, 0.4) is 0 Å². The molecule has 3 rings (SSSR count). The van der Waals surface area contributed by atoms with Gasteiger partial charge in [-0.05, 0) is 48.2 Å². The number of carbonyl (C=O) groups excluding carboxylic acids is 2. The first-order valence-electron chi connectivity index (χ1n) is 8.10. The summed E-state index contributed by atoms with van der Waals surface area (Å²) in [5, 5.41) is 3.26. The van der Waals surface area contributed by atoms with Crippen molar-refractivity contribution in [2.75, 3.05) is 16.8 Å². The molecule has 0 aromatic heterocycles. The van der Waals surface area contributed by atoms with Gasteiger partial charge in [0.2, 0.25) is 11.8 Å². The number of nitrogens with one attached hydrogen (secondary N) is 1. The summed E-state index contributed by atoms with van der Waals surface area (Å²) in [7, 11) is 0. The largest absolute Gasteiger partial charge is 0.383 e. The van der Waals surface area contributed by atoms with Crippen molar-refractivity contribution in [2.45, 2.75) is 26.2 Å². The van der Waals surface area contributed by atoms with Gasteiger partial charge in [0.25, 0.3) is 0 Å². The van der Waals surface area contributed by atoms with Gasteiger partial charge in [-0.2, -0.15) is 0 Å². The second kappa shape index (κ2) is 7.35. The molecule has 0 aliphatic carbocycles. The van der Waals surface area contributed by atoms with Gasteiger partial charge in [0.15, 0.2) is 0 Å². The molecule has 1 heterocycles. The summed E-state index contributed by atoms with van der Waals surface area (Å²) in [6, 6.07) is 9.83. The highest BCUT2D eigenvalue weighted by molar-refractivity contribution is 9.10. The van der Waals surface area contributed by atoms with E-state index in [2.05, 4.69) is 21.2 Å². The molecule has 130 valence electrons. The highest BCUT2D eigenvalue weighted by Crippen LogP contribution is 2.37. The minimum Gasteiger partial charge on any atom is -0.383 e. The van der Waals surface area contributed by atoms with Crippen LogP contribution in [0.1, 0.15) is 24.5 Å². The predicted molar refractivity (Wildman–Crippen MR) is 99.2 cm³/mol. The number of halogens is 2. The average molecular weight is 405 g/mol. The maximum Gasteiger partial charge on any atom is 0.234 e. The van der Waals surface area contributed by atoms with Gasteiger partial charge in [0.1, 0.15) is 5.82 Å². The Morgan fingerprint density at radius 3 is 2.64 bits per heavy atom. The number of fused-ring (bicyclic) bond motifs is 1. The molecule has 2 aromatic carbocycles. The van der Waals surface area contributed by atoms with Crippen LogP contribution >= 0.6 is 15.9 Å². The van der Waals surface area contributed by atoms with Gasteiger partial charge >= 0.3 is 0 Å². The zero-order valence-corrected chi connectivity index (χ0v) is 15.4. The minimum absolute atomic E-state index is 0.173. The fourth-order valence-corrected chi connectivity index (χ4v) is 3.53. The fourth-order valence-electron chi connectivity index (χ4n) is 3.04. The Labute approximate surface area is 154 Å². The molecular weight excluding hydrogens is 387 g/mol. The van der Waals surface area contributed by atoms with Crippen LogP contribution in [0.2, 0.25) is 0 Å². The molecule has 6 heteroatoms. The third kappa shape index (κ3) is 3.90. The lowest BCUT2D eigenvalue weighted by molar-refractivity contribution is -0.125. The normalized spacial score (nSPS) is 12.4. The first-order chi connectivity index (χ1) is 12.0. The molecule has 0 saturated carbocycles. The Morgan fingerprint density at radius 2 is 1.96 bits per heavy atom. The van der Waals surface area contributed by atoms with Crippen molar-refractivity contribution in [3.8, 4) is 0 Å². The Hall–Kier alpha value is -2.21. The summed E-state index contributed by atoms with van der Waals surface area (Å²) in [6.45, 7) is 2.17. The molecule has 2 aromatic rings. The lowest BCUT2D eigenvalue weighted by Gasteiger charge is -2.22. The van der Waals surface area contributed by atoms with Crippen LogP contribution in [0, 0.1) is 5.82 Å². The maximum atomic E-state index is 13.0. The van der Waals surface area contributed by atoms with Crippen molar-refractivity contribution in [3.05, 3.63) is 57.8 Å². The second-order valence-electron chi connectivity index (χ2n) is 6.01. The minimum atomic E-state index is -0.321. The number of amides is 2. The molecule has 1 aliphatic rings. The standard InChI is InChI=1S/C19H18BrFN2O2/c1-12(24)23(17-11-15(20)10-14-8-9-22-19(14)17)18(25)7-4-13-2-5-16(21)6-3-13/h2-3,5-6,10-11,22H,4,7-9H2,1H3. The van der Waals surface area contributed by atoms with E-state index in [4.69, 9.17) is 0 Å². The third-order valence-corrected chi connectivity index (χ3v) is 4.66. The highest BCUT2D eigenvalue weighted by Gasteiger charge is 2.26. The van der Waals surface area contributed by atoms with Gasteiger partial charge < -0.3 is 5.32 Å². The van der Waals surface area contributed by atoms with Crippen molar-refractivity contribution in [2.24, 2.45) is 0 Å². The molecule has 0 spiro atoms. The van der Waals surface area contributed by atoms with Crippen LogP contribution in [0.25, 0.3) is 0 Å². The van der Waals surface area contributed by atoms with E-state index in [-0.39, 0.29) is 24.1 Å². The number of hydrogen-bond donors (Lipinski definition) is 1. The van der Waals surface area contributed by atoms with Crippen molar-refractivity contribution < 1.29 is 14.0 Å². The van der Waals surface area contributed by atoms with Crippen LogP contribution in [-0.4, -0.2) is 18.4 Å². The van der Waals surface area contributed by atoms with E-state index in [9.17, 15) is 14.0 Å². The molecule has 0 radical (unpaired) electrons. The van der Waals surface area contributed by atoms with Gasteiger partial charge in [0, 0.05) is 24.4 Å². The van der Waals surface area contributed by atoms with Crippen LogP contribution < -0.4 is 10.2 Å². The summed E-state index contributed by atoms with van der Waals surface area (Å²) in [6.07, 6.45) is 1.48. The summed E-state index contributed by atoms with van der Waals surface area (Å²) in [5.41, 5.74) is 3.37. The van der Waals surface area contributed by atoms with Crippen LogP contribution in [-0.2, 0) is 22.4 Å². The summed E-state index contributed by atoms with van der Waals surface area (Å²) in [5.74, 6) is -0.903. The number of hydrogen-bond acceptors (Lipinski definition) is 3. The summed E-state index contributed by atoms with van der Waals surface area (Å²) < 4.78 is 13.8. The zero-order valence-electron chi connectivity index (χ0n) is 13.8. The first kappa shape index (κ1) is 17.6. The Kier molecular flexibility index (Phi) is 5.18. The van der Waals surface area contributed by atoms with E-state index in [1.807, 2.05) is 6.07 Å². The predicted octanol–water partition coefficient (Wildman–Crippen LogP) is 4.07. The topological polar surface area (TPSA) is 49.4 Å². The molecule has 1 N–H and O–H groups in total.